The van der Waals surface area contributed by atoms with Crippen LogP contribution in [0.3, 0.4) is 0 Å². The standard InChI is InChI=1S/C7H12NO2/c1-2-8-5-3-4-6(8)7(9)10/h2,6H,3-5H2,1H3,(H,9,10). The maximum atomic E-state index is 10.5. The Morgan fingerprint density at radius 1 is 1.80 bits per heavy atom. The van der Waals surface area contributed by atoms with E-state index in [1.165, 1.54) is 0 Å². The van der Waals surface area contributed by atoms with E-state index in [2.05, 4.69) is 0 Å². The van der Waals surface area contributed by atoms with Crippen LogP contribution in [-0.2, 0) is 4.79 Å². The molecule has 0 aromatic rings. The molecule has 0 saturated carbocycles. The van der Waals surface area contributed by atoms with Gasteiger partial charge in [0.1, 0.15) is 6.04 Å². The molecule has 0 spiro atoms. The highest BCUT2D eigenvalue weighted by Crippen LogP contribution is 2.17. The molecule has 1 unspecified atom stereocenters. The number of carboxylic acids is 1. The van der Waals surface area contributed by atoms with Gasteiger partial charge in [0, 0.05) is 6.54 Å². The normalized spacial score (nSPS) is 27.1. The topological polar surface area (TPSA) is 40.5 Å². The first kappa shape index (κ1) is 7.54. The third-order valence-corrected chi connectivity index (χ3v) is 1.91. The fourth-order valence-corrected chi connectivity index (χ4v) is 1.36. The van der Waals surface area contributed by atoms with Crippen molar-refractivity contribution in [1.29, 1.82) is 0 Å². The zero-order valence-corrected chi connectivity index (χ0v) is 6.08. The summed E-state index contributed by atoms with van der Waals surface area (Å²) in [6.45, 7) is 4.63. The molecule has 1 heterocycles. The van der Waals surface area contributed by atoms with Crippen LogP contribution in [0.15, 0.2) is 0 Å². The molecule has 1 atom stereocenters. The first-order valence-electron chi connectivity index (χ1n) is 3.53. The smallest absolute Gasteiger partial charge is 0.320 e. The minimum absolute atomic E-state index is 0.259. The van der Waals surface area contributed by atoms with Crippen molar-refractivity contribution in [2.45, 2.75) is 25.8 Å². The van der Waals surface area contributed by atoms with Gasteiger partial charge in [0.25, 0.3) is 0 Å². The monoisotopic (exact) mass is 142 g/mol. The Labute approximate surface area is 60.6 Å². The van der Waals surface area contributed by atoms with Crippen LogP contribution >= 0.6 is 0 Å². The summed E-state index contributed by atoms with van der Waals surface area (Å²) in [5.41, 5.74) is 0. The van der Waals surface area contributed by atoms with E-state index in [1.54, 1.807) is 0 Å². The fraction of sp³-hybridized carbons (Fsp3) is 0.714. The highest BCUT2D eigenvalue weighted by Gasteiger charge is 2.28. The Hall–Kier alpha value is -0.570. The first-order chi connectivity index (χ1) is 4.75. The maximum Gasteiger partial charge on any atom is 0.320 e. The molecule has 1 fully saturated rings. The van der Waals surface area contributed by atoms with Crippen molar-refractivity contribution in [3.63, 3.8) is 0 Å². The second kappa shape index (κ2) is 3.01. The lowest BCUT2D eigenvalue weighted by atomic mass is 10.2. The van der Waals surface area contributed by atoms with Gasteiger partial charge in [-0.3, -0.25) is 9.69 Å². The van der Waals surface area contributed by atoms with Crippen molar-refractivity contribution in [1.82, 2.24) is 4.90 Å². The average molecular weight is 142 g/mol. The van der Waals surface area contributed by atoms with E-state index in [1.807, 2.05) is 18.4 Å². The van der Waals surface area contributed by atoms with Gasteiger partial charge in [0.15, 0.2) is 0 Å². The van der Waals surface area contributed by atoms with Gasteiger partial charge in [-0.1, -0.05) is 0 Å². The third kappa shape index (κ3) is 1.29. The Balaban J connectivity index is 2.50. The molecule has 0 aromatic carbocycles. The summed E-state index contributed by atoms with van der Waals surface area (Å²) in [5, 5.41) is 8.65. The zero-order valence-electron chi connectivity index (χ0n) is 6.08. The summed E-state index contributed by atoms with van der Waals surface area (Å²) in [5.74, 6) is -0.699. The van der Waals surface area contributed by atoms with Gasteiger partial charge in [0.2, 0.25) is 0 Å². The lowest BCUT2D eigenvalue weighted by Gasteiger charge is -2.17. The van der Waals surface area contributed by atoms with Crippen molar-refractivity contribution >= 4 is 5.97 Å². The number of aliphatic carboxylic acids is 1. The predicted octanol–water partition coefficient (Wildman–Crippen LogP) is 0.717. The van der Waals surface area contributed by atoms with Crippen molar-refractivity contribution in [3.8, 4) is 0 Å². The van der Waals surface area contributed by atoms with E-state index >= 15 is 0 Å². The molecule has 1 aliphatic heterocycles. The van der Waals surface area contributed by atoms with Crippen LogP contribution in [0.5, 0.6) is 0 Å². The molecule has 10 heavy (non-hydrogen) atoms. The van der Waals surface area contributed by atoms with Gasteiger partial charge < -0.3 is 5.11 Å². The fourth-order valence-electron chi connectivity index (χ4n) is 1.36. The molecule has 0 amide bonds. The minimum Gasteiger partial charge on any atom is -0.480 e. The molecule has 57 valence electrons. The summed E-state index contributed by atoms with van der Waals surface area (Å²) >= 11 is 0. The van der Waals surface area contributed by atoms with E-state index in [9.17, 15) is 4.79 Å². The van der Waals surface area contributed by atoms with E-state index in [0.29, 0.717) is 0 Å². The number of hydrogen-bond acceptors (Lipinski definition) is 2. The Kier molecular flexibility index (Phi) is 2.27. The Morgan fingerprint density at radius 3 is 2.90 bits per heavy atom. The number of nitrogens with zero attached hydrogens (tertiary/aromatic N) is 1. The summed E-state index contributed by atoms with van der Waals surface area (Å²) in [6.07, 6.45) is 1.79. The highest BCUT2D eigenvalue weighted by atomic mass is 16.4. The molecule has 0 aliphatic carbocycles. The summed E-state index contributed by atoms with van der Waals surface area (Å²) in [6, 6.07) is -0.259. The predicted molar refractivity (Wildman–Crippen MR) is 37.3 cm³/mol. The van der Waals surface area contributed by atoms with E-state index < -0.39 is 5.97 Å². The molecule has 3 heteroatoms. The Bertz CT molecular complexity index is 136. The molecular formula is C7H12NO2. The van der Waals surface area contributed by atoms with Gasteiger partial charge >= 0.3 is 5.97 Å². The molecule has 1 radical (unpaired) electrons. The Morgan fingerprint density at radius 2 is 2.50 bits per heavy atom. The SMILES string of the molecule is C[CH]N1CCCC1C(=O)O. The lowest BCUT2D eigenvalue weighted by Crippen LogP contribution is -2.33. The quantitative estimate of drug-likeness (QED) is 0.617. The van der Waals surface area contributed by atoms with Crippen LogP contribution in [0.25, 0.3) is 0 Å². The van der Waals surface area contributed by atoms with Gasteiger partial charge in [0.05, 0.1) is 0 Å². The highest BCUT2D eigenvalue weighted by molar-refractivity contribution is 5.73. The molecule has 1 saturated heterocycles. The number of rotatable bonds is 2. The summed E-state index contributed by atoms with van der Waals surface area (Å²) in [4.78, 5) is 12.4. The average Bonchev–Trinajstić information content (AvgIpc) is 2.33. The van der Waals surface area contributed by atoms with Crippen LogP contribution in [0, 0.1) is 6.54 Å². The van der Waals surface area contributed by atoms with Crippen LogP contribution in [0.2, 0.25) is 0 Å². The molecule has 0 aromatic heterocycles. The minimum atomic E-state index is -0.699. The summed E-state index contributed by atoms with van der Waals surface area (Å²) in [7, 11) is 0. The molecular weight excluding hydrogens is 130 g/mol. The van der Waals surface area contributed by atoms with Crippen molar-refractivity contribution in [3.05, 3.63) is 6.54 Å². The first-order valence-corrected chi connectivity index (χ1v) is 3.53. The van der Waals surface area contributed by atoms with Gasteiger partial charge in [-0.25, -0.2) is 0 Å². The number of likely N-dealkylation sites (tertiary alicyclic amines) is 1. The van der Waals surface area contributed by atoms with Crippen LogP contribution in [-0.4, -0.2) is 28.6 Å². The second-order valence-corrected chi connectivity index (χ2v) is 2.49. The van der Waals surface area contributed by atoms with Crippen molar-refractivity contribution in [2.24, 2.45) is 0 Å². The molecule has 1 aliphatic rings. The molecule has 0 bridgehead atoms. The third-order valence-electron chi connectivity index (χ3n) is 1.91. The number of hydrogen-bond donors (Lipinski definition) is 1. The lowest BCUT2D eigenvalue weighted by molar-refractivity contribution is -0.141. The zero-order chi connectivity index (χ0) is 7.56. The van der Waals surface area contributed by atoms with Crippen LogP contribution < -0.4 is 0 Å². The molecule has 3 nitrogen and oxygen atoms in total. The maximum absolute atomic E-state index is 10.5. The molecule has 1 N–H and O–H groups in total. The second-order valence-electron chi connectivity index (χ2n) is 2.49. The van der Waals surface area contributed by atoms with Gasteiger partial charge in [-0.2, -0.15) is 0 Å². The van der Waals surface area contributed by atoms with Crippen molar-refractivity contribution in [2.75, 3.05) is 6.54 Å². The number of carbonyl (C=O) groups is 1. The number of carboxylic acid groups (broad SMARTS) is 1. The largest absolute Gasteiger partial charge is 0.480 e. The van der Waals surface area contributed by atoms with Crippen LogP contribution in [0.4, 0.5) is 0 Å². The van der Waals surface area contributed by atoms with Gasteiger partial charge in [-0.15, -0.1) is 0 Å². The van der Waals surface area contributed by atoms with E-state index in [-0.39, 0.29) is 6.04 Å². The van der Waals surface area contributed by atoms with E-state index in [4.69, 9.17) is 5.11 Å². The van der Waals surface area contributed by atoms with Crippen molar-refractivity contribution < 1.29 is 9.90 Å². The summed E-state index contributed by atoms with van der Waals surface area (Å²) < 4.78 is 0. The van der Waals surface area contributed by atoms with Crippen LogP contribution in [0.1, 0.15) is 19.8 Å². The van der Waals surface area contributed by atoms with Gasteiger partial charge in [-0.05, 0) is 26.3 Å². The molecule has 1 rings (SSSR count). The van der Waals surface area contributed by atoms with E-state index in [0.717, 1.165) is 19.4 Å².